The van der Waals surface area contributed by atoms with E-state index in [1.54, 1.807) is 0 Å². The van der Waals surface area contributed by atoms with Gasteiger partial charge in [0.2, 0.25) is 0 Å². The summed E-state index contributed by atoms with van der Waals surface area (Å²) in [6.45, 7) is 0.698. The summed E-state index contributed by atoms with van der Waals surface area (Å²) in [6, 6.07) is 18.4. The Morgan fingerprint density at radius 1 is 0.952 bits per heavy atom. The number of alkyl halides is 1. The number of benzene rings is 2. The molecule has 0 aliphatic rings. The van der Waals surface area contributed by atoms with E-state index in [0.717, 1.165) is 24.2 Å². The zero-order valence-electron chi connectivity index (χ0n) is 12.0. The first-order chi connectivity index (χ1) is 10.4. The average Bonchev–Trinajstić information content (AvgIpc) is 2.54. The van der Waals surface area contributed by atoms with Crippen LogP contribution in [0, 0.1) is 11.8 Å². The number of aryl methyl sites for hydroxylation is 1. The number of halogens is 1. The Labute approximate surface area is 131 Å². The highest BCUT2D eigenvalue weighted by atomic mass is 35.5. The summed E-state index contributed by atoms with van der Waals surface area (Å²) in [7, 11) is 0. The van der Waals surface area contributed by atoms with E-state index in [2.05, 4.69) is 36.1 Å². The molecule has 0 saturated heterocycles. The molecule has 2 rings (SSSR count). The molecule has 0 heterocycles. The third kappa shape index (κ3) is 5.53. The Balaban J connectivity index is 1.84. The van der Waals surface area contributed by atoms with Crippen molar-refractivity contribution in [1.29, 1.82) is 0 Å². The fourth-order valence-electron chi connectivity index (χ4n) is 2.00. The fourth-order valence-corrected chi connectivity index (χ4v) is 2.10. The molecule has 0 bridgehead atoms. The third-order valence-electron chi connectivity index (χ3n) is 3.04. The quantitative estimate of drug-likeness (QED) is 0.427. The van der Waals surface area contributed by atoms with Crippen molar-refractivity contribution in [2.45, 2.75) is 19.3 Å². The van der Waals surface area contributed by atoms with Gasteiger partial charge in [0.15, 0.2) is 0 Å². The molecule has 0 aliphatic heterocycles. The van der Waals surface area contributed by atoms with E-state index in [-0.39, 0.29) is 0 Å². The smallest absolute Gasteiger partial charge is 0.134 e. The predicted molar refractivity (Wildman–Crippen MR) is 88.9 cm³/mol. The molecule has 0 amide bonds. The minimum absolute atomic E-state index is 0.563. The summed E-state index contributed by atoms with van der Waals surface area (Å²) in [4.78, 5) is 0. The van der Waals surface area contributed by atoms with Crippen LogP contribution in [0.4, 0.5) is 0 Å². The van der Waals surface area contributed by atoms with Crippen LogP contribution in [0.5, 0.6) is 5.75 Å². The van der Waals surface area contributed by atoms with Gasteiger partial charge >= 0.3 is 0 Å². The molecule has 0 N–H and O–H groups in total. The Bertz CT molecular complexity index is 596. The zero-order chi connectivity index (χ0) is 14.8. The van der Waals surface area contributed by atoms with E-state index >= 15 is 0 Å². The van der Waals surface area contributed by atoms with Crippen molar-refractivity contribution in [1.82, 2.24) is 0 Å². The standard InChI is InChI=1S/C19H19ClO/c20-15-7-6-13-18-12-4-5-14-19(18)21-16-8-11-17-9-2-1-3-10-17/h1-5,9-10,12,14H,7-8,11,15-16H2. The maximum atomic E-state index is 5.85. The van der Waals surface area contributed by atoms with Gasteiger partial charge in [0.25, 0.3) is 0 Å². The summed E-state index contributed by atoms with van der Waals surface area (Å²) >= 11 is 5.63. The molecule has 0 fully saturated rings. The highest BCUT2D eigenvalue weighted by Crippen LogP contribution is 2.17. The van der Waals surface area contributed by atoms with Crippen LogP contribution in [-0.2, 0) is 6.42 Å². The second-order valence-corrected chi connectivity index (χ2v) is 5.05. The lowest BCUT2D eigenvalue weighted by Crippen LogP contribution is -2.00. The van der Waals surface area contributed by atoms with E-state index in [9.17, 15) is 0 Å². The largest absolute Gasteiger partial charge is 0.492 e. The SMILES string of the molecule is ClCCC#Cc1ccccc1OCCCc1ccccc1. The van der Waals surface area contributed by atoms with Crippen LogP contribution in [0.1, 0.15) is 24.0 Å². The second-order valence-electron chi connectivity index (χ2n) is 4.67. The van der Waals surface area contributed by atoms with E-state index in [0.29, 0.717) is 18.9 Å². The minimum atomic E-state index is 0.563. The lowest BCUT2D eigenvalue weighted by Gasteiger charge is -2.08. The highest BCUT2D eigenvalue weighted by Gasteiger charge is 2.00. The monoisotopic (exact) mass is 298 g/mol. The number of ether oxygens (including phenoxy) is 1. The van der Waals surface area contributed by atoms with Crippen LogP contribution < -0.4 is 4.74 Å². The van der Waals surface area contributed by atoms with Crippen LogP contribution in [0.3, 0.4) is 0 Å². The molecule has 2 heteroatoms. The van der Waals surface area contributed by atoms with Crippen LogP contribution in [0.25, 0.3) is 0 Å². The van der Waals surface area contributed by atoms with E-state index in [1.807, 2.05) is 30.3 Å². The molecular weight excluding hydrogens is 280 g/mol. The number of rotatable bonds is 6. The molecule has 0 radical (unpaired) electrons. The molecule has 0 atom stereocenters. The van der Waals surface area contributed by atoms with Gasteiger partial charge in [0.05, 0.1) is 12.2 Å². The Kier molecular flexibility index (Phi) is 6.71. The lowest BCUT2D eigenvalue weighted by atomic mass is 10.1. The van der Waals surface area contributed by atoms with Gasteiger partial charge in [-0.15, -0.1) is 11.6 Å². The first-order valence-electron chi connectivity index (χ1n) is 7.21. The van der Waals surface area contributed by atoms with Crippen molar-refractivity contribution in [3.05, 3.63) is 65.7 Å². The Morgan fingerprint density at radius 3 is 2.52 bits per heavy atom. The van der Waals surface area contributed by atoms with Crippen molar-refractivity contribution >= 4 is 11.6 Å². The second kappa shape index (κ2) is 9.10. The first kappa shape index (κ1) is 15.5. The van der Waals surface area contributed by atoms with Crippen molar-refractivity contribution in [2.24, 2.45) is 0 Å². The number of hydrogen-bond acceptors (Lipinski definition) is 1. The summed E-state index contributed by atoms with van der Waals surface area (Å²) in [6.07, 6.45) is 2.72. The Hall–Kier alpha value is -1.91. The lowest BCUT2D eigenvalue weighted by molar-refractivity contribution is 0.310. The molecule has 0 spiro atoms. The molecule has 21 heavy (non-hydrogen) atoms. The minimum Gasteiger partial charge on any atom is -0.492 e. The average molecular weight is 299 g/mol. The van der Waals surface area contributed by atoms with Gasteiger partial charge in [-0.3, -0.25) is 0 Å². The van der Waals surface area contributed by atoms with Crippen molar-refractivity contribution in [2.75, 3.05) is 12.5 Å². The molecule has 0 saturated carbocycles. The molecule has 0 aromatic heterocycles. The topological polar surface area (TPSA) is 9.23 Å². The van der Waals surface area contributed by atoms with Gasteiger partial charge in [0, 0.05) is 12.3 Å². The molecule has 0 aliphatic carbocycles. The Morgan fingerprint density at radius 2 is 1.71 bits per heavy atom. The van der Waals surface area contributed by atoms with E-state index < -0.39 is 0 Å². The summed E-state index contributed by atoms with van der Waals surface area (Å²) < 4.78 is 5.85. The number of hydrogen-bond donors (Lipinski definition) is 0. The van der Waals surface area contributed by atoms with Crippen molar-refractivity contribution in [3.8, 4) is 17.6 Å². The van der Waals surface area contributed by atoms with Gasteiger partial charge in [-0.2, -0.15) is 0 Å². The van der Waals surface area contributed by atoms with E-state index in [4.69, 9.17) is 16.3 Å². The van der Waals surface area contributed by atoms with Gasteiger partial charge < -0.3 is 4.74 Å². The summed E-state index contributed by atoms with van der Waals surface area (Å²) in [5.41, 5.74) is 2.28. The molecule has 1 nitrogen and oxygen atoms in total. The maximum absolute atomic E-state index is 5.85. The van der Waals surface area contributed by atoms with Crippen molar-refractivity contribution < 1.29 is 4.74 Å². The van der Waals surface area contributed by atoms with Crippen LogP contribution in [0.2, 0.25) is 0 Å². The zero-order valence-corrected chi connectivity index (χ0v) is 12.8. The maximum Gasteiger partial charge on any atom is 0.134 e. The molecule has 2 aromatic rings. The number of para-hydroxylation sites is 1. The van der Waals surface area contributed by atoms with Crippen LogP contribution in [-0.4, -0.2) is 12.5 Å². The summed E-state index contributed by atoms with van der Waals surface area (Å²) in [5, 5.41) is 0. The molecular formula is C19H19ClO. The third-order valence-corrected chi connectivity index (χ3v) is 3.23. The predicted octanol–water partition coefficient (Wildman–Crippen LogP) is 4.68. The molecule has 0 unspecified atom stereocenters. The van der Waals surface area contributed by atoms with Gasteiger partial charge in [-0.05, 0) is 30.5 Å². The van der Waals surface area contributed by atoms with Gasteiger partial charge in [-0.1, -0.05) is 54.3 Å². The van der Waals surface area contributed by atoms with Crippen LogP contribution >= 0.6 is 11.6 Å². The normalized spacial score (nSPS) is 9.76. The van der Waals surface area contributed by atoms with Crippen molar-refractivity contribution in [3.63, 3.8) is 0 Å². The van der Waals surface area contributed by atoms with E-state index in [1.165, 1.54) is 5.56 Å². The highest BCUT2D eigenvalue weighted by molar-refractivity contribution is 6.18. The first-order valence-corrected chi connectivity index (χ1v) is 7.74. The summed E-state index contributed by atoms with van der Waals surface area (Å²) in [5.74, 6) is 7.58. The van der Waals surface area contributed by atoms with Gasteiger partial charge in [0.1, 0.15) is 5.75 Å². The molecule has 2 aromatic carbocycles. The fraction of sp³-hybridized carbons (Fsp3) is 0.263. The van der Waals surface area contributed by atoms with Crippen LogP contribution in [0.15, 0.2) is 54.6 Å². The van der Waals surface area contributed by atoms with Gasteiger partial charge in [-0.25, -0.2) is 0 Å². The molecule has 108 valence electrons.